The van der Waals surface area contributed by atoms with Crippen LogP contribution in [0.15, 0.2) is 66.2 Å². The van der Waals surface area contributed by atoms with Crippen molar-refractivity contribution in [2.24, 2.45) is 4.99 Å². The minimum atomic E-state index is -1.07. The van der Waals surface area contributed by atoms with Crippen LogP contribution >= 0.6 is 0 Å². The Hall–Kier alpha value is -3.32. The molecule has 2 N–H and O–H groups in total. The fourth-order valence-corrected chi connectivity index (χ4v) is 3.65. The lowest BCUT2D eigenvalue weighted by Crippen LogP contribution is -2.50. The maximum atomic E-state index is 13.3. The van der Waals surface area contributed by atoms with Crippen molar-refractivity contribution in [2.75, 3.05) is 32.2 Å². The van der Waals surface area contributed by atoms with Crippen molar-refractivity contribution in [2.45, 2.75) is 38.0 Å². The highest BCUT2D eigenvalue weighted by Crippen LogP contribution is 2.33. The summed E-state index contributed by atoms with van der Waals surface area (Å²) in [5.74, 6) is 0.941. The zero-order valence-corrected chi connectivity index (χ0v) is 19.6. The highest BCUT2D eigenvalue weighted by atomic mass is 16.5. The molecule has 7 nitrogen and oxygen atoms in total. The molecule has 0 unspecified atom stereocenters. The molecule has 0 bridgehead atoms. The minimum absolute atomic E-state index is 0.0927. The number of nitrogens with one attached hydrogen (secondary N) is 1. The highest BCUT2D eigenvalue weighted by molar-refractivity contribution is 6.00. The SMILES string of the molecule is C=CC[C@@]1(C(=O)NCc2ccc(N(C)C)cc2)N=C(c2ccc(OCCCO)cc2)O[C@@H]1C. The zero-order valence-electron chi connectivity index (χ0n) is 19.6. The van der Waals surface area contributed by atoms with E-state index in [-0.39, 0.29) is 12.5 Å². The van der Waals surface area contributed by atoms with Crippen LogP contribution in [0.3, 0.4) is 0 Å². The van der Waals surface area contributed by atoms with E-state index in [0.29, 0.717) is 37.6 Å². The molecular formula is C26H33N3O4. The lowest BCUT2D eigenvalue weighted by Gasteiger charge is -2.27. The number of aliphatic hydroxyl groups is 1. The first kappa shape index (κ1) is 24.3. The number of nitrogens with zero attached hydrogens (tertiary/aromatic N) is 2. The molecule has 33 heavy (non-hydrogen) atoms. The number of amides is 1. The van der Waals surface area contributed by atoms with Gasteiger partial charge in [-0.05, 0) is 48.9 Å². The third kappa shape index (κ3) is 5.73. The number of rotatable bonds is 11. The van der Waals surface area contributed by atoms with Gasteiger partial charge in [-0.1, -0.05) is 18.2 Å². The fraction of sp³-hybridized carbons (Fsp3) is 0.385. The van der Waals surface area contributed by atoms with Gasteiger partial charge in [-0.2, -0.15) is 0 Å². The largest absolute Gasteiger partial charge is 0.494 e. The monoisotopic (exact) mass is 451 g/mol. The van der Waals surface area contributed by atoms with Crippen LogP contribution in [-0.4, -0.2) is 55.9 Å². The molecule has 1 aliphatic rings. The van der Waals surface area contributed by atoms with E-state index in [0.717, 1.165) is 16.8 Å². The van der Waals surface area contributed by atoms with Crippen molar-refractivity contribution in [1.29, 1.82) is 0 Å². The molecule has 0 aliphatic carbocycles. The predicted octanol–water partition coefficient (Wildman–Crippen LogP) is 3.31. The van der Waals surface area contributed by atoms with E-state index in [1.807, 2.05) is 74.4 Å². The second kappa shape index (κ2) is 11.0. The smallest absolute Gasteiger partial charge is 0.252 e. The number of benzene rings is 2. The maximum absolute atomic E-state index is 13.3. The molecule has 1 aliphatic heterocycles. The Bertz CT molecular complexity index is 970. The molecule has 2 atom stereocenters. The number of hydrogen-bond acceptors (Lipinski definition) is 6. The van der Waals surface area contributed by atoms with E-state index >= 15 is 0 Å². The number of hydrogen-bond donors (Lipinski definition) is 2. The Morgan fingerprint density at radius 1 is 1.24 bits per heavy atom. The summed E-state index contributed by atoms with van der Waals surface area (Å²) in [6.45, 7) is 6.64. The number of ether oxygens (including phenoxy) is 2. The van der Waals surface area contributed by atoms with Crippen molar-refractivity contribution in [1.82, 2.24) is 5.32 Å². The number of carbonyl (C=O) groups is 1. The third-order valence-electron chi connectivity index (χ3n) is 5.69. The predicted molar refractivity (Wildman–Crippen MR) is 131 cm³/mol. The van der Waals surface area contributed by atoms with Gasteiger partial charge in [0.25, 0.3) is 5.91 Å². The van der Waals surface area contributed by atoms with Gasteiger partial charge >= 0.3 is 0 Å². The summed E-state index contributed by atoms with van der Waals surface area (Å²) in [7, 11) is 3.98. The van der Waals surface area contributed by atoms with Gasteiger partial charge in [-0.3, -0.25) is 4.79 Å². The van der Waals surface area contributed by atoms with Gasteiger partial charge < -0.3 is 24.8 Å². The second-order valence-corrected chi connectivity index (χ2v) is 8.29. The lowest BCUT2D eigenvalue weighted by atomic mass is 9.89. The van der Waals surface area contributed by atoms with Crippen molar-refractivity contribution in [3.8, 4) is 5.75 Å². The molecular weight excluding hydrogens is 418 g/mol. The normalized spacial score (nSPS) is 19.4. The first-order chi connectivity index (χ1) is 15.9. The van der Waals surface area contributed by atoms with E-state index in [9.17, 15) is 4.79 Å². The van der Waals surface area contributed by atoms with Crippen LogP contribution in [0, 0.1) is 0 Å². The summed E-state index contributed by atoms with van der Waals surface area (Å²) in [4.78, 5) is 20.1. The quantitative estimate of drug-likeness (QED) is 0.405. The molecule has 2 aromatic carbocycles. The summed E-state index contributed by atoms with van der Waals surface area (Å²) in [6.07, 6.45) is 2.21. The van der Waals surface area contributed by atoms with Gasteiger partial charge in [0.05, 0.1) is 6.61 Å². The highest BCUT2D eigenvalue weighted by Gasteiger charge is 2.49. The molecule has 0 saturated carbocycles. The number of carbonyl (C=O) groups excluding carboxylic acids is 1. The molecule has 0 spiro atoms. The van der Waals surface area contributed by atoms with E-state index in [2.05, 4.69) is 11.9 Å². The van der Waals surface area contributed by atoms with Crippen LogP contribution in [0.25, 0.3) is 0 Å². The second-order valence-electron chi connectivity index (χ2n) is 8.29. The first-order valence-electron chi connectivity index (χ1n) is 11.2. The summed E-state index contributed by atoms with van der Waals surface area (Å²) >= 11 is 0. The van der Waals surface area contributed by atoms with Gasteiger partial charge in [-0.25, -0.2) is 4.99 Å². The Balaban J connectivity index is 1.73. The van der Waals surface area contributed by atoms with Gasteiger partial charge in [0.2, 0.25) is 5.90 Å². The average molecular weight is 452 g/mol. The number of aliphatic imine (C=N–C) groups is 1. The summed E-state index contributed by atoms with van der Waals surface area (Å²) in [6, 6.07) is 15.4. The molecule has 2 aromatic rings. The molecule has 176 valence electrons. The van der Waals surface area contributed by atoms with Crippen molar-refractivity contribution < 1.29 is 19.4 Å². The molecule has 0 radical (unpaired) electrons. The molecule has 7 heteroatoms. The van der Waals surface area contributed by atoms with E-state index in [1.54, 1.807) is 6.08 Å². The Morgan fingerprint density at radius 2 is 1.94 bits per heavy atom. The van der Waals surface area contributed by atoms with Crippen LogP contribution in [0.1, 0.15) is 30.9 Å². The lowest BCUT2D eigenvalue weighted by molar-refractivity contribution is -0.128. The molecule has 0 aromatic heterocycles. The van der Waals surface area contributed by atoms with E-state index < -0.39 is 11.6 Å². The topological polar surface area (TPSA) is 83.4 Å². The minimum Gasteiger partial charge on any atom is -0.494 e. The molecule has 0 saturated heterocycles. The molecule has 1 amide bonds. The van der Waals surface area contributed by atoms with E-state index in [4.69, 9.17) is 19.6 Å². The molecule has 1 heterocycles. The summed E-state index contributed by atoms with van der Waals surface area (Å²) in [5, 5.41) is 11.9. The maximum Gasteiger partial charge on any atom is 0.252 e. The Kier molecular flexibility index (Phi) is 8.11. The summed E-state index contributed by atoms with van der Waals surface area (Å²) < 4.78 is 11.6. The zero-order chi connectivity index (χ0) is 23.8. The summed E-state index contributed by atoms with van der Waals surface area (Å²) in [5.41, 5.74) is 1.81. The fourth-order valence-electron chi connectivity index (χ4n) is 3.65. The van der Waals surface area contributed by atoms with E-state index in [1.165, 1.54) is 0 Å². The van der Waals surface area contributed by atoms with Gasteiger partial charge in [0.1, 0.15) is 11.9 Å². The number of anilines is 1. The van der Waals surface area contributed by atoms with Crippen molar-refractivity contribution in [3.05, 3.63) is 72.3 Å². The van der Waals surface area contributed by atoms with Crippen molar-refractivity contribution >= 4 is 17.5 Å². The number of aliphatic hydroxyl groups excluding tert-OH is 1. The van der Waals surface area contributed by atoms with Crippen LogP contribution in [0.4, 0.5) is 5.69 Å². The third-order valence-corrected chi connectivity index (χ3v) is 5.69. The van der Waals surface area contributed by atoms with Crippen LogP contribution in [0.5, 0.6) is 5.75 Å². The molecule has 0 fully saturated rings. The van der Waals surface area contributed by atoms with Gasteiger partial charge in [0.15, 0.2) is 5.54 Å². The first-order valence-corrected chi connectivity index (χ1v) is 11.2. The van der Waals surface area contributed by atoms with Gasteiger partial charge in [0, 0.05) is 51.3 Å². The van der Waals surface area contributed by atoms with Gasteiger partial charge in [-0.15, -0.1) is 6.58 Å². The molecule has 3 rings (SSSR count). The Labute approximate surface area is 195 Å². The standard InChI is InChI=1S/C26H33N3O4/c1-5-15-26(25(31)27-18-20-7-11-22(12-8-20)29(3)4)19(2)33-24(28-26)21-9-13-23(14-10-21)32-17-6-16-30/h5,7-14,19,30H,1,6,15-18H2,2-4H3,(H,27,31)/t19-,26-/m1/s1. The average Bonchev–Trinajstić information content (AvgIpc) is 3.15. The van der Waals surface area contributed by atoms with Crippen molar-refractivity contribution in [3.63, 3.8) is 0 Å². The van der Waals surface area contributed by atoms with Crippen LogP contribution < -0.4 is 15.0 Å². The van der Waals surface area contributed by atoms with Crippen LogP contribution in [0.2, 0.25) is 0 Å². The van der Waals surface area contributed by atoms with Crippen LogP contribution in [-0.2, 0) is 16.1 Å². The Morgan fingerprint density at radius 3 is 2.55 bits per heavy atom.